The summed E-state index contributed by atoms with van der Waals surface area (Å²) < 4.78 is 0. The summed E-state index contributed by atoms with van der Waals surface area (Å²) >= 11 is 0. The molecule has 2 atom stereocenters. The SMILES string of the molecule is CCc1ccc(N2CC(C(=O)N[C@@H](C)CN)CC2=O)cc1. The third-order valence-electron chi connectivity index (χ3n) is 3.89. The van der Waals surface area contributed by atoms with Crippen LogP contribution in [0.25, 0.3) is 0 Å². The molecule has 1 unspecified atom stereocenters. The van der Waals surface area contributed by atoms with Crippen molar-refractivity contribution in [2.45, 2.75) is 32.7 Å². The Bertz CT molecular complexity index is 513. The van der Waals surface area contributed by atoms with Crippen LogP contribution < -0.4 is 16.0 Å². The molecule has 0 aromatic heterocycles. The van der Waals surface area contributed by atoms with E-state index in [1.54, 1.807) is 4.90 Å². The molecular formula is C16H23N3O2. The number of hydrogen-bond donors (Lipinski definition) is 2. The van der Waals surface area contributed by atoms with E-state index in [-0.39, 0.29) is 30.2 Å². The Morgan fingerprint density at radius 1 is 1.43 bits per heavy atom. The van der Waals surface area contributed by atoms with Gasteiger partial charge in [0.05, 0.1) is 5.92 Å². The average Bonchev–Trinajstić information content (AvgIpc) is 2.89. The minimum atomic E-state index is -0.294. The highest BCUT2D eigenvalue weighted by molar-refractivity contribution is 6.00. The Balaban J connectivity index is 2.03. The van der Waals surface area contributed by atoms with Gasteiger partial charge in [-0.05, 0) is 31.0 Å². The van der Waals surface area contributed by atoms with Crippen LogP contribution >= 0.6 is 0 Å². The molecule has 0 aliphatic carbocycles. The highest BCUT2D eigenvalue weighted by Crippen LogP contribution is 2.25. The van der Waals surface area contributed by atoms with Crippen LogP contribution in [0.4, 0.5) is 5.69 Å². The maximum Gasteiger partial charge on any atom is 0.227 e. The summed E-state index contributed by atoms with van der Waals surface area (Å²) in [5.41, 5.74) is 7.59. The molecule has 0 radical (unpaired) electrons. The molecule has 1 aliphatic rings. The maximum absolute atomic E-state index is 12.1. The Labute approximate surface area is 125 Å². The zero-order chi connectivity index (χ0) is 15.4. The third-order valence-corrected chi connectivity index (χ3v) is 3.89. The molecule has 3 N–H and O–H groups in total. The lowest BCUT2D eigenvalue weighted by molar-refractivity contribution is -0.126. The molecule has 21 heavy (non-hydrogen) atoms. The van der Waals surface area contributed by atoms with Gasteiger partial charge in [0, 0.05) is 31.2 Å². The van der Waals surface area contributed by atoms with Crippen LogP contribution in [0.5, 0.6) is 0 Å². The summed E-state index contributed by atoms with van der Waals surface area (Å²) in [7, 11) is 0. The number of anilines is 1. The molecule has 0 spiro atoms. The number of carbonyl (C=O) groups excluding carboxylic acids is 2. The molecule has 1 aromatic rings. The number of nitrogens with one attached hydrogen (secondary N) is 1. The van der Waals surface area contributed by atoms with E-state index in [0.29, 0.717) is 13.1 Å². The number of nitrogens with two attached hydrogens (primary N) is 1. The van der Waals surface area contributed by atoms with Crippen molar-refractivity contribution < 1.29 is 9.59 Å². The van der Waals surface area contributed by atoms with E-state index in [2.05, 4.69) is 12.2 Å². The van der Waals surface area contributed by atoms with Gasteiger partial charge in [-0.25, -0.2) is 0 Å². The highest BCUT2D eigenvalue weighted by atomic mass is 16.2. The third kappa shape index (κ3) is 3.61. The van der Waals surface area contributed by atoms with Gasteiger partial charge in [-0.1, -0.05) is 19.1 Å². The molecule has 114 valence electrons. The quantitative estimate of drug-likeness (QED) is 0.851. The fourth-order valence-corrected chi connectivity index (χ4v) is 2.46. The second-order valence-electron chi connectivity index (χ2n) is 5.57. The highest BCUT2D eigenvalue weighted by Gasteiger charge is 2.35. The van der Waals surface area contributed by atoms with Crippen LogP contribution in [0.3, 0.4) is 0 Å². The topological polar surface area (TPSA) is 75.4 Å². The number of aryl methyl sites for hydroxylation is 1. The number of nitrogens with zero attached hydrogens (tertiary/aromatic N) is 1. The number of hydrogen-bond acceptors (Lipinski definition) is 3. The second kappa shape index (κ2) is 6.72. The van der Waals surface area contributed by atoms with E-state index < -0.39 is 0 Å². The van der Waals surface area contributed by atoms with Crippen LogP contribution in [-0.2, 0) is 16.0 Å². The molecule has 5 heteroatoms. The summed E-state index contributed by atoms with van der Waals surface area (Å²) in [6, 6.07) is 7.86. The maximum atomic E-state index is 12.1. The molecule has 1 aromatic carbocycles. The van der Waals surface area contributed by atoms with Gasteiger partial charge >= 0.3 is 0 Å². The van der Waals surface area contributed by atoms with Crippen LogP contribution in [0.1, 0.15) is 25.8 Å². The summed E-state index contributed by atoms with van der Waals surface area (Å²) in [6.45, 7) is 4.78. The average molecular weight is 289 g/mol. The smallest absolute Gasteiger partial charge is 0.227 e. The summed E-state index contributed by atoms with van der Waals surface area (Å²) in [4.78, 5) is 25.9. The lowest BCUT2D eigenvalue weighted by Crippen LogP contribution is -2.41. The minimum Gasteiger partial charge on any atom is -0.352 e. The molecular weight excluding hydrogens is 266 g/mol. The first-order valence-corrected chi connectivity index (χ1v) is 7.44. The lowest BCUT2D eigenvalue weighted by Gasteiger charge is -2.18. The molecule has 0 bridgehead atoms. The Hall–Kier alpha value is -1.88. The number of amides is 2. The van der Waals surface area contributed by atoms with E-state index in [1.165, 1.54) is 5.56 Å². The lowest BCUT2D eigenvalue weighted by atomic mass is 10.1. The monoisotopic (exact) mass is 289 g/mol. The van der Waals surface area contributed by atoms with Crippen molar-refractivity contribution in [2.75, 3.05) is 18.0 Å². The van der Waals surface area contributed by atoms with E-state index in [1.807, 2.05) is 31.2 Å². The van der Waals surface area contributed by atoms with Crippen molar-refractivity contribution in [3.63, 3.8) is 0 Å². The standard InChI is InChI=1S/C16H23N3O2/c1-3-12-4-6-14(7-5-12)19-10-13(8-15(19)20)16(21)18-11(2)9-17/h4-7,11,13H,3,8-10,17H2,1-2H3,(H,18,21)/t11-,13?/m0/s1. The van der Waals surface area contributed by atoms with Crippen LogP contribution in [0.2, 0.25) is 0 Å². The van der Waals surface area contributed by atoms with Crippen molar-refractivity contribution in [3.05, 3.63) is 29.8 Å². The first kappa shape index (κ1) is 15.5. The molecule has 1 aliphatic heterocycles. The van der Waals surface area contributed by atoms with Crippen molar-refractivity contribution in [3.8, 4) is 0 Å². The second-order valence-corrected chi connectivity index (χ2v) is 5.57. The van der Waals surface area contributed by atoms with Gasteiger partial charge in [-0.3, -0.25) is 9.59 Å². The summed E-state index contributed by atoms with van der Waals surface area (Å²) in [5, 5.41) is 2.84. The Morgan fingerprint density at radius 2 is 2.10 bits per heavy atom. The largest absolute Gasteiger partial charge is 0.352 e. The molecule has 5 nitrogen and oxygen atoms in total. The van der Waals surface area contributed by atoms with E-state index in [4.69, 9.17) is 5.73 Å². The van der Waals surface area contributed by atoms with Crippen LogP contribution in [0, 0.1) is 5.92 Å². The van der Waals surface area contributed by atoms with E-state index in [0.717, 1.165) is 12.1 Å². The number of carbonyl (C=O) groups is 2. The molecule has 1 heterocycles. The van der Waals surface area contributed by atoms with Crippen molar-refractivity contribution >= 4 is 17.5 Å². The van der Waals surface area contributed by atoms with Crippen LogP contribution in [-0.4, -0.2) is 30.9 Å². The van der Waals surface area contributed by atoms with Gasteiger partial charge in [0.25, 0.3) is 0 Å². The molecule has 2 rings (SSSR count). The Morgan fingerprint density at radius 3 is 2.67 bits per heavy atom. The molecule has 1 saturated heterocycles. The number of rotatable bonds is 5. The van der Waals surface area contributed by atoms with E-state index in [9.17, 15) is 9.59 Å². The molecule has 0 saturated carbocycles. The first-order chi connectivity index (χ1) is 10.0. The predicted molar refractivity (Wildman–Crippen MR) is 82.9 cm³/mol. The van der Waals surface area contributed by atoms with Gasteiger partial charge in [-0.15, -0.1) is 0 Å². The molecule has 2 amide bonds. The summed E-state index contributed by atoms with van der Waals surface area (Å²) in [6.07, 6.45) is 1.23. The van der Waals surface area contributed by atoms with Crippen molar-refractivity contribution in [1.29, 1.82) is 0 Å². The van der Waals surface area contributed by atoms with E-state index >= 15 is 0 Å². The van der Waals surface area contributed by atoms with Gasteiger partial charge in [0.15, 0.2) is 0 Å². The molecule has 1 fully saturated rings. The van der Waals surface area contributed by atoms with Crippen molar-refractivity contribution in [1.82, 2.24) is 5.32 Å². The predicted octanol–water partition coefficient (Wildman–Crippen LogP) is 1.07. The first-order valence-electron chi connectivity index (χ1n) is 7.44. The Kier molecular flexibility index (Phi) is 4.96. The zero-order valence-corrected chi connectivity index (χ0v) is 12.6. The summed E-state index contributed by atoms with van der Waals surface area (Å²) in [5.74, 6) is -0.383. The fraction of sp³-hybridized carbons (Fsp3) is 0.500. The zero-order valence-electron chi connectivity index (χ0n) is 12.6. The number of benzene rings is 1. The van der Waals surface area contributed by atoms with Gasteiger partial charge in [-0.2, -0.15) is 0 Å². The van der Waals surface area contributed by atoms with Gasteiger partial charge in [0.2, 0.25) is 11.8 Å². The fourth-order valence-electron chi connectivity index (χ4n) is 2.46. The minimum absolute atomic E-state index is 0.000185. The van der Waals surface area contributed by atoms with Gasteiger partial charge in [0.1, 0.15) is 0 Å². The van der Waals surface area contributed by atoms with Crippen LogP contribution in [0.15, 0.2) is 24.3 Å². The van der Waals surface area contributed by atoms with Gasteiger partial charge < -0.3 is 16.0 Å². The normalized spacial score (nSPS) is 19.7. The van der Waals surface area contributed by atoms with Crippen molar-refractivity contribution in [2.24, 2.45) is 11.7 Å².